The molecule has 0 saturated heterocycles. The second-order valence-corrected chi connectivity index (χ2v) is 6.10. The molecule has 0 fully saturated rings. The Morgan fingerprint density at radius 2 is 2.00 bits per heavy atom. The number of nitrogens with one attached hydrogen (secondary N) is 1. The van der Waals surface area contributed by atoms with E-state index in [1.165, 1.54) is 16.7 Å². The van der Waals surface area contributed by atoms with Crippen molar-refractivity contribution in [3.05, 3.63) is 17.0 Å². The van der Waals surface area contributed by atoms with E-state index in [9.17, 15) is 9.59 Å². The van der Waals surface area contributed by atoms with Gasteiger partial charge in [0.05, 0.1) is 13.0 Å². The molecule has 2 heterocycles. The number of nitrogens with zero attached hydrogens (tertiary/aromatic N) is 5. The summed E-state index contributed by atoms with van der Waals surface area (Å²) in [5, 5.41) is 7.56. The molecular formula is C15H22N6O2S. The number of thioether (sulfide) groups is 1. The summed E-state index contributed by atoms with van der Waals surface area (Å²) in [4.78, 5) is 34.4. The van der Waals surface area contributed by atoms with Crippen LogP contribution in [0.1, 0.15) is 23.9 Å². The topological polar surface area (TPSA) is 92.5 Å². The van der Waals surface area contributed by atoms with E-state index in [0.717, 1.165) is 17.0 Å². The zero-order chi connectivity index (χ0) is 17.9. The highest BCUT2D eigenvalue weighted by molar-refractivity contribution is 7.98. The van der Waals surface area contributed by atoms with E-state index in [-0.39, 0.29) is 24.8 Å². The van der Waals surface area contributed by atoms with Gasteiger partial charge in [-0.15, -0.1) is 5.10 Å². The summed E-state index contributed by atoms with van der Waals surface area (Å²) in [5.41, 5.74) is 2.42. The predicted molar refractivity (Wildman–Crippen MR) is 92.1 cm³/mol. The Hall–Kier alpha value is -2.16. The summed E-state index contributed by atoms with van der Waals surface area (Å²) in [7, 11) is 1.56. The predicted octanol–water partition coefficient (Wildman–Crippen LogP) is 0.600. The van der Waals surface area contributed by atoms with Crippen LogP contribution in [0.3, 0.4) is 0 Å². The van der Waals surface area contributed by atoms with E-state index in [2.05, 4.69) is 20.4 Å². The molecule has 0 unspecified atom stereocenters. The zero-order valence-corrected chi connectivity index (χ0v) is 15.4. The highest BCUT2D eigenvalue weighted by Gasteiger charge is 2.20. The number of rotatable bonds is 6. The van der Waals surface area contributed by atoms with Crippen LogP contribution in [0.5, 0.6) is 0 Å². The minimum atomic E-state index is -0.187. The maximum atomic E-state index is 12.6. The number of carbonyl (C=O) groups excluding carboxylic acids is 2. The minimum absolute atomic E-state index is 0.0551. The summed E-state index contributed by atoms with van der Waals surface area (Å²) in [6.45, 7) is 6.14. The Balaban J connectivity index is 2.31. The fourth-order valence-corrected chi connectivity index (χ4v) is 2.76. The summed E-state index contributed by atoms with van der Waals surface area (Å²) in [6.07, 6.45) is 2.08. The second-order valence-electron chi connectivity index (χ2n) is 5.33. The van der Waals surface area contributed by atoms with Crippen molar-refractivity contribution in [2.45, 2.75) is 32.3 Å². The summed E-state index contributed by atoms with van der Waals surface area (Å²) < 4.78 is 1.66. The molecule has 0 aliphatic heterocycles. The van der Waals surface area contributed by atoms with Gasteiger partial charge in [0.2, 0.25) is 17.0 Å². The maximum Gasteiger partial charge on any atom is 0.253 e. The normalized spacial score (nSPS) is 10.9. The van der Waals surface area contributed by atoms with E-state index < -0.39 is 0 Å². The molecule has 0 radical (unpaired) electrons. The first-order chi connectivity index (χ1) is 11.4. The monoisotopic (exact) mass is 350 g/mol. The fraction of sp³-hybridized carbons (Fsp3) is 0.533. The van der Waals surface area contributed by atoms with Crippen LogP contribution in [-0.2, 0) is 16.0 Å². The quantitative estimate of drug-likeness (QED) is 0.767. The van der Waals surface area contributed by atoms with Gasteiger partial charge in [0.15, 0.2) is 0 Å². The Kier molecular flexibility index (Phi) is 5.76. The zero-order valence-electron chi connectivity index (χ0n) is 14.6. The average molecular weight is 350 g/mol. The number of amides is 2. The molecule has 8 nitrogen and oxygen atoms in total. The van der Waals surface area contributed by atoms with Crippen LogP contribution in [-0.4, -0.2) is 62.7 Å². The molecule has 24 heavy (non-hydrogen) atoms. The Labute approximate surface area is 145 Å². The van der Waals surface area contributed by atoms with Crippen molar-refractivity contribution in [3.63, 3.8) is 0 Å². The number of carbonyl (C=O) groups is 2. The van der Waals surface area contributed by atoms with Gasteiger partial charge in [0.25, 0.3) is 5.78 Å². The highest BCUT2D eigenvalue weighted by atomic mass is 32.2. The van der Waals surface area contributed by atoms with Crippen LogP contribution in [0, 0.1) is 13.8 Å². The lowest BCUT2D eigenvalue weighted by Gasteiger charge is -2.21. The van der Waals surface area contributed by atoms with Crippen LogP contribution in [0.25, 0.3) is 5.78 Å². The van der Waals surface area contributed by atoms with E-state index in [1.54, 1.807) is 11.6 Å². The van der Waals surface area contributed by atoms with Crippen molar-refractivity contribution in [3.8, 4) is 0 Å². The molecule has 0 aromatic carbocycles. The fourth-order valence-electron chi connectivity index (χ4n) is 2.42. The summed E-state index contributed by atoms with van der Waals surface area (Å²) in [5.74, 6) is 0.232. The smallest absolute Gasteiger partial charge is 0.253 e. The van der Waals surface area contributed by atoms with E-state index >= 15 is 0 Å². The molecule has 0 aliphatic carbocycles. The number of aromatic nitrogens is 4. The van der Waals surface area contributed by atoms with Crippen molar-refractivity contribution in [1.82, 2.24) is 29.8 Å². The number of fused-ring (bicyclic) bond motifs is 1. The molecule has 0 saturated carbocycles. The summed E-state index contributed by atoms with van der Waals surface area (Å²) in [6, 6.07) is 0. The first-order valence-electron chi connectivity index (χ1n) is 7.66. The Morgan fingerprint density at radius 1 is 1.29 bits per heavy atom. The number of hydrogen-bond acceptors (Lipinski definition) is 6. The lowest BCUT2D eigenvalue weighted by atomic mass is 10.1. The molecule has 0 spiro atoms. The third kappa shape index (κ3) is 3.66. The summed E-state index contributed by atoms with van der Waals surface area (Å²) >= 11 is 1.44. The molecule has 9 heteroatoms. The Morgan fingerprint density at radius 3 is 2.58 bits per heavy atom. The second kappa shape index (κ2) is 7.61. The average Bonchev–Trinajstić information content (AvgIpc) is 2.99. The molecule has 0 aliphatic rings. The van der Waals surface area contributed by atoms with Crippen molar-refractivity contribution in [2.24, 2.45) is 0 Å². The van der Waals surface area contributed by atoms with E-state index in [1.807, 2.05) is 27.0 Å². The van der Waals surface area contributed by atoms with Gasteiger partial charge in [-0.2, -0.15) is 4.98 Å². The van der Waals surface area contributed by atoms with Crippen LogP contribution >= 0.6 is 11.8 Å². The molecular weight excluding hydrogens is 328 g/mol. The minimum Gasteiger partial charge on any atom is -0.358 e. The third-order valence-electron chi connectivity index (χ3n) is 3.89. The molecule has 2 rings (SSSR count). The Bertz CT molecular complexity index is 773. The molecule has 2 amide bonds. The van der Waals surface area contributed by atoms with Crippen molar-refractivity contribution in [2.75, 3.05) is 26.4 Å². The van der Waals surface area contributed by atoms with Gasteiger partial charge >= 0.3 is 0 Å². The number of aryl methyl sites for hydroxylation is 2. The van der Waals surface area contributed by atoms with E-state index in [4.69, 9.17) is 0 Å². The molecule has 0 bridgehead atoms. The molecule has 1 N–H and O–H groups in total. The first-order valence-corrected chi connectivity index (χ1v) is 8.88. The van der Waals surface area contributed by atoms with Crippen LogP contribution in [0.2, 0.25) is 0 Å². The lowest BCUT2D eigenvalue weighted by Crippen LogP contribution is -2.40. The molecule has 130 valence electrons. The van der Waals surface area contributed by atoms with Gasteiger partial charge in [-0.25, -0.2) is 9.50 Å². The lowest BCUT2D eigenvalue weighted by molar-refractivity contribution is -0.135. The van der Waals surface area contributed by atoms with Crippen LogP contribution in [0.15, 0.2) is 5.16 Å². The van der Waals surface area contributed by atoms with Gasteiger partial charge < -0.3 is 10.2 Å². The van der Waals surface area contributed by atoms with Gasteiger partial charge in [-0.05, 0) is 27.0 Å². The van der Waals surface area contributed by atoms with Crippen LogP contribution in [0.4, 0.5) is 0 Å². The van der Waals surface area contributed by atoms with Crippen molar-refractivity contribution in [1.29, 1.82) is 0 Å². The number of hydrogen-bond donors (Lipinski definition) is 1. The van der Waals surface area contributed by atoms with Gasteiger partial charge in [0, 0.05) is 30.5 Å². The van der Waals surface area contributed by atoms with Gasteiger partial charge in [0.1, 0.15) is 0 Å². The maximum absolute atomic E-state index is 12.6. The van der Waals surface area contributed by atoms with Crippen molar-refractivity contribution < 1.29 is 9.59 Å². The van der Waals surface area contributed by atoms with E-state index in [0.29, 0.717) is 17.5 Å². The van der Waals surface area contributed by atoms with Crippen LogP contribution < -0.4 is 5.32 Å². The molecule has 2 aromatic heterocycles. The highest BCUT2D eigenvalue weighted by Crippen LogP contribution is 2.17. The standard InChI is InChI=1S/C15H22N6O2S/c1-6-20(8-12(22)16-4)13(23)7-11-9(2)17-14-18-15(24-5)19-21(14)10(11)3/h6-8H2,1-5H3,(H,16,22). The molecule has 2 aromatic rings. The molecule has 0 atom stereocenters. The SMILES string of the molecule is CCN(CC(=O)NC)C(=O)Cc1c(C)nc2nc(SC)nn2c1C. The first kappa shape index (κ1) is 18.2. The van der Waals surface area contributed by atoms with Gasteiger partial charge in [-0.3, -0.25) is 9.59 Å². The third-order valence-corrected chi connectivity index (χ3v) is 4.43. The largest absolute Gasteiger partial charge is 0.358 e. The number of likely N-dealkylation sites (N-methyl/N-ethyl adjacent to an activating group) is 2. The van der Waals surface area contributed by atoms with Gasteiger partial charge in [-0.1, -0.05) is 11.8 Å². The van der Waals surface area contributed by atoms with Crippen molar-refractivity contribution >= 4 is 29.4 Å².